The van der Waals surface area contributed by atoms with Crippen molar-refractivity contribution in [3.05, 3.63) is 68.7 Å². The molecule has 0 saturated heterocycles. The van der Waals surface area contributed by atoms with Crippen LogP contribution in [0.15, 0.2) is 47.8 Å². The van der Waals surface area contributed by atoms with Crippen LogP contribution in [0.2, 0.25) is 0 Å². The molecule has 1 aromatic carbocycles. The number of carbonyl (C=O) groups excluding carboxylic acids is 2. The van der Waals surface area contributed by atoms with Crippen molar-refractivity contribution in [2.75, 3.05) is 5.32 Å². The highest BCUT2D eigenvalue weighted by atomic mass is 32.1. The Morgan fingerprint density at radius 2 is 2.00 bits per heavy atom. The Labute approximate surface area is 163 Å². The van der Waals surface area contributed by atoms with Crippen molar-refractivity contribution in [1.82, 2.24) is 15.5 Å². The number of hydrogen-bond donors (Lipinski definition) is 3. The van der Waals surface area contributed by atoms with Gasteiger partial charge >= 0.3 is 0 Å². The van der Waals surface area contributed by atoms with Gasteiger partial charge in [-0.15, -0.1) is 22.7 Å². The first kappa shape index (κ1) is 17.4. The fourth-order valence-corrected chi connectivity index (χ4v) is 4.22. The Kier molecular flexibility index (Phi) is 4.74. The van der Waals surface area contributed by atoms with Crippen LogP contribution in [0.3, 0.4) is 0 Å². The summed E-state index contributed by atoms with van der Waals surface area (Å²) in [6.45, 7) is 2.48. The van der Waals surface area contributed by atoms with Crippen LogP contribution >= 0.6 is 22.7 Å². The lowest BCUT2D eigenvalue weighted by molar-refractivity contribution is 0.0954. The first-order chi connectivity index (χ1) is 13.1. The summed E-state index contributed by atoms with van der Waals surface area (Å²) in [5.74, 6) is 0.139. The fourth-order valence-electron chi connectivity index (χ4n) is 2.69. The van der Waals surface area contributed by atoms with Crippen LogP contribution in [0.5, 0.6) is 0 Å². The minimum absolute atomic E-state index is 0.157. The molecule has 4 aromatic rings. The molecule has 0 bridgehead atoms. The smallest absolute Gasteiger partial charge is 0.266 e. The molecule has 2 amide bonds. The molecule has 0 aliphatic rings. The highest BCUT2D eigenvalue weighted by Crippen LogP contribution is 2.29. The summed E-state index contributed by atoms with van der Waals surface area (Å²) in [5, 5.41) is 15.3. The largest absolute Gasteiger partial charge is 0.347 e. The van der Waals surface area contributed by atoms with Gasteiger partial charge in [0.25, 0.3) is 11.8 Å². The van der Waals surface area contributed by atoms with Gasteiger partial charge in [-0.2, -0.15) is 5.10 Å². The summed E-state index contributed by atoms with van der Waals surface area (Å²) in [4.78, 5) is 26.5. The molecular formula is C19H16N4O2S2. The number of hydrogen-bond acceptors (Lipinski definition) is 5. The molecule has 0 saturated carbocycles. The second-order valence-electron chi connectivity index (χ2n) is 6.03. The molecule has 0 spiro atoms. The van der Waals surface area contributed by atoms with Crippen LogP contribution in [0.1, 0.15) is 30.5 Å². The first-order valence-corrected chi connectivity index (χ1v) is 9.96. The van der Waals surface area contributed by atoms with Gasteiger partial charge < -0.3 is 10.6 Å². The number of benzene rings is 1. The molecule has 0 aliphatic carbocycles. The predicted octanol–water partition coefficient (Wildman–Crippen LogP) is 4.18. The van der Waals surface area contributed by atoms with Crippen molar-refractivity contribution in [1.29, 1.82) is 0 Å². The maximum atomic E-state index is 12.5. The van der Waals surface area contributed by atoms with E-state index in [9.17, 15) is 9.59 Å². The van der Waals surface area contributed by atoms with Crippen molar-refractivity contribution >= 4 is 50.5 Å². The molecule has 3 heterocycles. The SMILES string of the molecule is Cc1cccc(CNC(=O)c2cc3c(NC(=O)c4cccs4)[nH]nc3s2)c1. The molecule has 0 aliphatic heterocycles. The van der Waals surface area contributed by atoms with Gasteiger partial charge in [-0.05, 0) is 30.0 Å². The Morgan fingerprint density at radius 3 is 2.78 bits per heavy atom. The molecule has 136 valence electrons. The molecule has 3 aromatic heterocycles. The summed E-state index contributed by atoms with van der Waals surface area (Å²) in [7, 11) is 0. The second kappa shape index (κ2) is 7.34. The van der Waals surface area contributed by atoms with E-state index in [0.29, 0.717) is 26.9 Å². The van der Waals surface area contributed by atoms with Crippen molar-refractivity contribution < 1.29 is 9.59 Å². The minimum Gasteiger partial charge on any atom is -0.347 e. The lowest BCUT2D eigenvalue weighted by Gasteiger charge is -2.04. The molecule has 0 fully saturated rings. The number of thiophene rings is 2. The number of nitrogens with zero attached hydrogens (tertiary/aromatic N) is 1. The van der Waals surface area contributed by atoms with Crippen LogP contribution < -0.4 is 10.6 Å². The van der Waals surface area contributed by atoms with E-state index >= 15 is 0 Å². The number of aromatic nitrogens is 2. The molecular weight excluding hydrogens is 380 g/mol. The van der Waals surface area contributed by atoms with E-state index in [1.165, 1.54) is 22.7 Å². The third-order valence-corrected chi connectivity index (χ3v) is 5.89. The van der Waals surface area contributed by atoms with Crippen LogP contribution in [-0.2, 0) is 6.54 Å². The van der Waals surface area contributed by atoms with E-state index in [2.05, 4.69) is 20.8 Å². The summed E-state index contributed by atoms with van der Waals surface area (Å²) in [6.07, 6.45) is 0. The van der Waals surface area contributed by atoms with E-state index in [1.807, 2.05) is 42.6 Å². The highest BCUT2D eigenvalue weighted by Gasteiger charge is 2.17. The van der Waals surface area contributed by atoms with Crippen LogP contribution in [-0.4, -0.2) is 22.0 Å². The molecule has 0 atom stereocenters. The Hall–Kier alpha value is -2.97. The fraction of sp³-hybridized carbons (Fsp3) is 0.105. The predicted molar refractivity (Wildman–Crippen MR) is 109 cm³/mol. The number of aromatic amines is 1. The number of nitrogens with one attached hydrogen (secondary N) is 3. The quantitative estimate of drug-likeness (QED) is 0.473. The monoisotopic (exact) mass is 396 g/mol. The van der Waals surface area contributed by atoms with Crippen LogP contribution in [0.4, 0.5) is 5.82 Å². The molecule has 6 nitrogen and oxygen atoms in total. The number of amides is 2. The van der Waals surface area contributed by atoms with E-state index in [0.717, 1.165) is 16.5 Å². The van der Waals surface area contributed by atoms with E-state index in [1.54, 1.807) is 12.1 Å². The molecule has 27 heavy (non-hydrogen) atoms. The topological polar surface area (TPSA) is 86.9 Å². The normalized spacial score (nSPS) is 10.9. The van der Waals surface area contributed by atoms with E-state index < -0.39 is 0 Å². The first-order valence-electron chi connectivity index (χ1n) is 8.26. The van der Waals surface area contributed by atoms with Crippen molar-refractivity contribution in [2.45, 2.75) is 13.5 Å². The van der Waals surface area contributed by atoms with Crippen molar-refractivity contribution in [3.63, 3.8) is 0 Å². The van der Waals surface area contributed by atoms with Crippen LogP contribution in [0, 0.1) is 6.92 Å². The van der Waals surface area contributed by atoms with Gasteiger partial charge in [-0.25, -0.2) is 0 Å². The maximum Gasteiger partial charge on any atom is 0.266 e. The summed E-state index contributed by atoms with van der Waals surface area (Å²) >= 11 is 2.65. The lowest BCUT2D eigenvalue weighted by atomic mass is 10.1. The average molecular weight is 396 g/mol. The summed E-state index contributed by atoms with van der Waals surface area (Å²) in [6, 6.07) is 13.3. The number of anilines is 1. The molecule has 0 unspecified atom stereocenters. The number of fused-ring (bicyclic) bond motifs is 1. The number of carbonyl (C=O) groups is 2. The second-order valence-corrected chi connectivity index (χ2v) is 8.01. The maximum absolute atomic E-state index is 12.5. The average Bonchev–Trinajstić information content (AvgIpc) is 3.38. The van der Waals surface area contributed by atoms with Gasteiger partial charge in [0.1, 0.15) is 10.6 Å². The van der Waals surface area contributed by atoms with Gasteiger partial charge in [-0.3, -0.25) is 14.7 Å². The number of aryl methyl sites for hydroxylation is 1. The zero-order valence-electron chi connectivity index (χ0n) is 14.4. The Morgan fingerprint density at radius 1 is 1.11 bits per heavy atom. The Balaban J connectivity index is 1.47. The van der Waals surface area contributed by atoms with E-state index in [-0.39, 0.29) is 11.8 Å². The zero-order chi connectivity index (χ0) is 18.8. The number of H-pyrrole nitrogens is 1. The van der Waals surface area contributed by atoms with Gasteiger partial charge in [0.05, 0.1) is 15.1 Å². The Bertz CT molecular complexity index is 1110. The van der Waals surface area contributed by atoms with Gasteiger partial charge in [0.15, 0.2) is 0 Å². The highest BCUT2D eigenvalue weighted by molar-refractivity contribution is 7.20. The molecule has 3 N–H and O–H groups in total. The standard InChI is InChI=1S/C19H16N4O2S2/c1-11-4-2-5-12(8-11)10-20-17(24)15-9-13-16(22-23-19(13)27-15)21-18(25)14-6-3-7-26-14/h2-9H,10H2,1H3,(H,20,24)(H2,21,22,23,25). The third kappa shape index (κ3) is 3.76. The molecule has 4 rings (SSSR count). The summed E-state index contributed by atoms with van der Waals surface area (Å²) in [5.41, 5.74) is 2.21. The van der Waals surface area contributed by atoms with Gasteiger partial charge in [-0.1, -0.05) is 35.9 Å². The van der Waals surface area contributed by atoms with Gasteiger partial charge in [0, 0.05) is 6.54 Å². The molecule has 8 heteroatoms. The third-order valence-electron chi connectivity index (χ3n) is 3.99. The molecule has 0 radical (unpaired) electrons. The van der Waals surface area contributed by atoms with Crippen molar-refractivity contribution in [2.24, 2.45) is 0 Å². The number of rotatable bonds is 5. The van der Waals surface area contributed by atoms with Gasteiger partial charge in [0.2, 0.25) is 0 Å². The zero-order valence-corrected chi connectivity index (χ0v) is 16.0. The summed E-state index contributed by atoms with van der Waals surface area (Å²) < 4.78 is 0. The lowest BCUT2D eigenvalue weighted by Crippen LogP contribution is -2.21. The van der Waals surface area contributed by atoms with Crippen LogP contribution in [0.25, 0.3) is 10.2 Å². The van der Waals surface area contributed by atoms with E-state index in [4.69, 9.17) is 0 Å². The minimum atomic E-state index is -0.202. The van der Waals surface area contributed by atoms with Crippen molar-refractivity contribution in [3.8, 4) is 0 Å².